The molecule has 5 nitrogen and oxygen atoms in total. The molecule has 1 aliphatic heterocycles. The third-order valence-corrected chi connectivity index (χ3v) is 5.33. The Hall–Kier alpha value is -2.95. The molecule has 30 heavy (non-hydrogen) atoms. The SMILES string of the molecule is C1=CN=CC1.CCCCc1cccc(Nc2ncc3ccn(C(CC)CC)c3n2)c1. The first-order valence-corrected chi connectivity index (χ1v) is 11.1. The van der Waals surface area contributed by atoms with Crippen LogP contribution in [0.25, 0.3) is 11.0 Å². The summed E-state index contributed by atoms with van der Waals surface area (Å²) in [4.78, 5) is 13.0. The Morgan fingerprint density at radius 1 is 1.13 bits per heavy atom. The fraction of sp³-hybridized carbons (Fsp3) is 0.400. The molecule has 0 bridgehead atoms. The molecule has 1 aromatic carbocycles. The number of aromatic nitrogens is 3. The van der Waals surface area contributed by atoms with Crippen molar-refractivity contribution >= 4 is 28.9 Å². The molecule has 1 aliphatic rings. The summed E-state index contributed by atoms with van der Waals surface area (Å²) in [5.41, 5.74) is 3.41. The standard InChI is InChI=1S/C21H28N4.C4H5N/c1-4-7-9-16-10-8-11-18(14-16)23-21-22-15-17-12-13-25(20(17)24-21)19(5-2)6-3;1-2-4-5-3-1/h8,10-15,19H,4-7,9H2,1-3H3,(H,22,23,24);1,3-4H,2H2. The van der Waals surface area contributed by atoms with Gasteiger partial charge in [0.1, 0.15) is 5.65 Å². The van der Waals surface area contributed by atoms with Gasteiger partial charge in [-0.2, -0.15) is 4.98 Å². The predicted octanol–water partition coefficient (Wildman–Crippen LogP) is 6.85. The van der Waals surface area contributed by atoms with E-state index >= 15 is 0 Å². The molecule has 0 unspecified atom stereocenters. The fourth-order valence-corrected chi connectivity index (χ4v) is 3.59. The van der Waals surface area contributed by atoms with Crippen LogP contribution in [-0.4, -0.2) is 20.7 Å². The Balaban J connectivity index is 0.000000448. The molecule has 0 radical (unpaired) electrons. The third kappa shape index (κ3) is 5.78. The molecule has 0 fully saturated rings. The van der Waals surface area contributed by atoms with Crippen molar-refractivity contribution in [3.8, 4) is 0 Å². The van der Waals surface area contributed by atoms with Gasteiger partial charge in [-0.3, -0.25) is 4.99 Å². The smallest absolute Gasteiger partial charge is 0.229 e. The summed E-state index contributed by atoms with van der Waals surface area (Å²) in [7, 11) is 0. The fourth-order valence-electron chi connectivity index (χ4n) is 3.59. The van der Waals surface area contributed by atoms with Gasteiger partial charge in [-0.1, -0.05) is 45.4 Å². The van der Waals surface area contributed by atoms with E-state index in [9.17, 15) is 0 Å². The molecule has 0 aliphatic carbocycles. The van der Waals surface area contributed by atoms with E-state index in [2.05, 4.69) is 77.2 Å². The second kappa shape index (κ2) is 11.3. The number of benzene rings is 1. The van der Waals surface area contributed by atoms with Crippen molar-refractivity contribution in [2.24, 2.45) is 4.99 Å². The number of unbranched alkanes of at least 4 members (excludes halogenated alkanes) is 1. The van der Waals surface area contributed by atoms with Crippen LogP contribution in [0.1, 0.15) is 64.5 Å². The van der Waals surface area contributed by atoms with Gasteiger partial charge in [0.05, 0.1) is 0 Å². The lowest BCUT2D eigenvalue weighted by Gasteiger charge is -2.16. The van der Waals surface area contributed by atoms with Crippen LogP contribution in [0, 0.1) is 0 Å². The summed E-state index contributed by atoms with van der Waals surface area (Å²) in [6.07, 6.45) is 16.5. The van der Waals surface area contributed by atoms with E-state index in [0.717, 1.165) is 42.4 Å². The summed E-state index contributed by atoms with van der Waals surface area (Å²) in [6, 6.07) is 11.1. The van der Waals surface area contributed by atoms with Gasteiger partial charge < -0.3 is 9.88 Å². The minimum Gasteiger partial charge on any atom is -0.329 e. The summed E-state index contributed by atoms with van der Waals surface area (Å²) < 4.78 is 2.28. The molecule has 5 heteroatoms. The third-order valence-electron chi connectivity index (χ3n) is 5.33. The highest BCUT2D eigenvalue weighted by atomic mass is 15.1. The lowest BCUT2D eigenvalue weighted by molar-refractivity contribution is 0.483. The zero-order valence-corrected chi connectivity index (χ0v) is 18.4. The van der Waals surface area contributed by atoms with Crippen LogP contribution >= 0.6 is 0 Å². The highest BCUT2D eigenvalue weighted by Gasteiger charge is 2.12. The minimum atomic E-state index is 0.484. The van der Waals surface area contributed by atoms with E-state index in [1.54, 1.807) is 6.20 Å². The molecule has 0 atom stereocenters. The number of hydrogen-bond acceptors (Lipinski definition) is 4. The molecule has 0 amide bonds. The number of nitrogens with one attached hydrogen (secondary N) is 1. The second-order valence-corrected chi connectivity index (χ2v) is 7.55. The summed E-state index contributed by atoms with van der Waals surface area (Å²) in [5, 5.41) is 4.46. The highest BCUT2D eigenvalue weighted by Crippen LogP contribution is 2.24. The van der Waals surface area contributed by atoms with E-state index < -0.39 is 0 Å². The molecule has 2 aromatic heterocycles. The quantitative estimate of drug-likeness (QED) is 0.447. The van der Waals surface area contributed by atoms with Gasteiger partial charge in [0, 0.05) is 48.3 Å². The molecule has 158 valence electrons. The largest absolute Gasteiger partial charge is 0.329 e. The molecule has 0 spiro atoms. The maximum Gasteiger partial charge on any atom is 0.229 e. The number of fused-ring (bicyclic) bond motifs is 1. The van der Waals surface area contributed by atoms with Gasteiger partial charge in [-0.25, -0.2) is 4.98 Å². The Bertz CT molecular complexity index is 972. The average molecular weight is 404 g/mol. The van der Waals surface area contributed by atoms with E-state index in [-0.39, 0.29) is 0 Å². The van der Waals surface area contributed by atoms with Crippen molar-refractivity contribution in [1.29, 1.82) is 0 Å². The van der Waals surface area contributed by atoms with Crippen LogP contribution in [0.2, 0.25) is 0 Å². The number of nitrogens with zero attached hydrogens (tertiary/aromatic N) is 4. The average Bonchev–Trinajstić information content (AvgIpc) is 3.48. The van der Waals surface area contributed by atoms with Crippen LogP contribution in [0.4, 0.5) is 11.6 Å². The Morgan fingerprint density at radius 2 is 2.00 bits per heavy atom. The van der Waals surface area contributed by atoms with E-state index in [1.165, 1.54) is 18.4 Å². The van der Waals surface area contributed by atoms with Crippen molar-refractivity contribution in [1.82, 2.24) is 14.5 Å². The normalized spacial score (nSPS) is 12.4. The Labute approximate surface area is 180 Å². The lowest BCUT2D eigenvalue weighted by Crippen LogP contribution is -2.07. The van der Waals surface area contributed by atoms with E-state index in [0.29, 0.717) is 12.0 Å². The van der Waals surface area contributed by atoms with Gasteiger partial charge in [-0.15, -0.1) is 0 Å². The van der Waals surface area contributed by atoms with Gasteiger partial charge >= 0.3 is 0 Å². The van der Waals surface area contributed by atoms with Crippen molar-refractivity contribution < 1.29 is 0 Å². The number of rotatable bonds is 8. The lowest BCUT2D eigenvalue weighted by atomic mass is 10.1. The Morgan fingerprint density at radius 3 is 2.67 bits per heavy atom. The van der Waals surface area contributed by atoms with Crippen molar-refractivity contribution in [2.45, 2.75) is 65.3 Å². The number of anilines is 2. The Kier molecular flexibility index (Phi) is 8.19. The van der Waals surface area contributed by atoms with Crippen LogP contribution in [0.15, 0.2) is 60.0 Å². The maximum absolute atomic E-state index is 4.78. The number of aliphatic imine (C=N–C) groups is 1. The van der Waals surface area contributed by atoms with Gasteiger partial charge in [-0.05, 0) is 49.4 Å². The maximum atomic E-state index is 4.78. The van der Waals surface area contributed by atoms with Crippen LogP contribution < -0.4 is 5.32 Å². The van der Waals surface area contributed by atoms with Gasteiger partial charge in [0.25, 0.3) is 0 Å². The predicted molar refractivity (Wildman–Crippen MR) is 128 cm³/mol. The first kappa shape index (κ1) is 21.8. The zero-order valence-electron chi connectivity index (χ0n) is 18.4. The molecule has 4 rings (SSSR count). The van der Waals surface area contributed by atoms with Gasteiger partial charge in [0.15, 0.2) is 0 Å². The van der Waals surface area contributed by atoms with Crippen molar-refractivity contribution in [3.63, 3.8) is 0 Å². The monoisotopic (exact) mass is 403 g/mol. The van der Waals surface area contributed by atoms with Crippen LogP contribution in [-0.2, 0) is 6.42 Å². The molecule has 1 N–H and O–H groups in total. The van der Waals surface area contributed by atoms with E-state index in [4.69, 9.17) is 4.98 Å². The van der Waals surface area contributed by atoms with Crippen LogP contribution in [0.3, 0.4) is 0 Å². The van der Waals surface area contributed by atoms with Crippen LogP contribution in [0.5, 0.6) is 0 Å². The first-order chi connectivity index (χ1) is 14.7. The topological polar surface area (TPSA) is 55.1 Å². The highest BCUT2D eigenvalue weighted by molar-refractivity contribution is 5.77. The minimum absolute atomic E-state index is 0.484. The number of allylic oxidation sites excluding steroid dienone is 1. The summed E-state index contributed by atoms with van der Waals surface area (Å²) in [5.74, 6) is 0.658. The summed E-state index contributed by atoms with van der Waals surface area (Å²) >= 11 is 0. The molecule has 0 saturated carbocycles. The van der Waals surface area contributed by atoms with Crippen molar-refractivity contribution in [3.05, 3.63) is 60.6 Å². The molecule has 0 saturated heterocycles. The number of aryl methyl sites for hydroxylation is 1. The van der Waals surface area contributed by atoms with Crippen molar-refractivity contribution in [2.75, 3.05) is 5.32 Å². The number of hydrogen-bond donors (Lipinski definition) is 1. The second-order valence-electron chi connectivity index (χ2n) is 7.55. The summed E-state index contributed by atoms with van der Waals surface area (Å²) in [6.45, 7) is 6.67. The molecular formula is C25H33N5. The molecule has 3 aromatic rings. The molecular weight excluding hydrogens is 370 g/mol. The molecule has 3 heterocycles. The van der Waals surface area contributed by atoms with Gasteiger partial charge in [0.2, 0.25) is 5.95 Å². The van der Waals surface area contributed by atoms with E-state index in [1.807, 2.05) is 18.5 Å². The zero-order chi connectivity index (χ0) is 21.2. The first-order valence-electron chi connectivity index (χ1n) is 11.1.